The Morgan fingerprint density at radius 1 is 1.57 bits per heavy atom. The number of rotatable bonds is 5. The fourth-order valence-corrected chi connectivity index (χ4v) is 1.81. The molecule has 0 atom stereocenters. The van der Waals surface area contributed by atoms with Crippen molar-refractivity contribution in [3.05, 3.63) is 17.9 Å². The van der Waals surface area contributed by atoms with Crippen LogP contribution < -0.4 is 0 Å². The van der Waals surface area contributed by atoms with Crippen LogP contribution in [0.4, 0.5) is 0 Å². The molecule has 1 heterocycles. The molecule has 0 fully saturated rings. The highest BCUT2D eigenvalue weighted by atomic mass is 32.2. The summed E-state index contributed by atoms with van der Waals surface area (Å²) in [7, 11) is 3.98. The Labute approximate surface area is 86.9 Å². The highest BCUT2D eigenvalue weighted by molar-refractivity contribution is 7.99. The number of carboxylic acids is 1. The highest BCUT2D eigenvalue weighted by Crippen LogP contribution is 2.20. The molecule has 1 rings (SSSR count). The first kappa shape index (κ1) is 11.1. The third-order valence-electron chi connectivity index (χ3n) is 1.57. The van der Waals surface area contributed by atoms with Gasteiger partial charge in [0.15, 0.2) is 5.09 Å². The van der Waals surface area contributed by atoms with Crippen molar-refractivity contribution >= 4 is 17.7 Å². The number of aromatic carboxylic acids is 1. The van der Waals surface area contributed by atoms with Crippen LogP contribution in [0.25, 0.3) is 0 Å². The Hall–Kier alpha value is -0.940. The monoisotopic (exact) mass is 215 g/mol. The summed E-state index contributed by atoms with van der Waals surface area (Å²) < 4.78 is 5.07. The van der Waals surface area contributed by atoms with Crippen molar-refractivity contribution in [2.24, 2.45) is 0 Å². The molecule has 0 aliphatic heterocycles. The Balaban J connectivity index is 2.40. The van der Waals surface area contributed by atoms with Gasteiger partial charge in [-0.05, 0) is 26.2 Å². The number of hydrogen-bond donors (Lipinski definition) is 1. The van der Waals surface area contributed by atoms with E-state index in [1.54, 1.807) is 6.07 Å². The third kappa shape index (κ3) is 3.43. The number of carbonyl (C=O) groups is 1. The van der Waals surface area contributed by atoms with Crippen LogP contribution in [0.5, 0.6) is 0 Å². The predicted octanol–water partition coefficient (Wildman–Crippen LogP) is 1.63. The number of thioether (sulfide) groups is 1. The molecular formula is C9H13NO3S. The summed E-state index contributed by atoms with van der Waals surface area (Å²) in [5, 5.41) is 9.26. The largest absolute Gasteiger partial charge is 0.475 e. The average molecular weight is 215 g/mol. The van der Waals surface area contributed by atoms with Gasteiger partial charge >= 0.3 is 5.97 Å². The molecule has 0 bridgehead atoms. The summed E-state index contributed by atoms with van der Waals surface area (Å²) >= 11 is 1.52. The van der Waals surface area contributed by atoms with Gasteiger partial charge in [0, 0.05) is 12.3 Å². The molecular weight excluding hydrogens is 202 g/mol. The van der Waals surface area contributed by atoms with Gasteiger partial charge in [0.1, 0.15) is 0 Å². The minimum absolute atomic E-state index is 0.00245. The van der Waals surface area contributed by atoms with Crippen molar-refractivity contribution in [1.29, 1.82) is 0 Å². The van der Waals surface area contributed by atoms with E-state index in [0.717, 1.165) is 12.3 Å². The van der Waals surface area contributed by atoms with Crippen molar-refractivity contribution < 1.29 is 14.3 Å². The molecule has 1 N–H and O–H groups in total. The fraction of sp³-hybridized carbons (Fsp3) is 0.444. The molecule has 0 unspecified atom stereocenters. The number of furan rings is 1. The Morgan fingerprint density at radius 3 is 2.79 bits per heavy atom. The van der Waals surface area contributed by atoms with Crippen molar-refractivity contribution in [1.82, 2.24) is 4.90 Å². The van der Waals surface area contributed by atoms with E-state index in [4.69, 9.17) is 9.52 Å². The molecule has 0 spiro atoms. The smallest absolute Gasteiger partial charge is 0.371 e. The first-order valence-corrected chi connectivity index (χ1v) is 5.19. The minimum atomic E-state index is -1.02. The predicted molar refractivity (Wildman–Crippen MR) is 54.9 cm³/mol. The van der Waals surface area contributed by atoms with E-state index in [0.29, 0.717) is 5.09 Å². The normalized spacial score (nSPS) is 10.8. The zero-order valence-electron chi connectivity index (χ0n) is 8.19. The van der Waals surface area contributed by atoms with Crippen molar-refractivity contribution in [2.45, 2.75) is 5.09 Å². The van der Waals surface area contributed by atoms with Crippen molar-refractivity contribution in [3.63, 3.8) is 0 Å². The molecule has 5 heteroatoms. The molecule has 0 saturated heterocycles. The maximum absolute atomic E-state index is 10.5. The second-order valence-corrected chi connectivity index (χ2v) is 4.17. The second kappa shape index (κ2) is 5.07. The van der Waals surface area contributed by atoms with E-state index in [-0.39, 0.29) is 5.76 Å². The summed E-state index contributed by atoms with van der Waals surface area (Å²) in [5.41, 5.74) is 0. The molecule has 0 amide bonds. The molecule has 78 valence electrons. The first-order chi connectivity index (χ1) is 6.59. The first-order valence-electron chi connectivity index (χ1n) is 4.20. The summed E-state index contributed by atoms with van der Waals surface area (Å²) in [6.45, 7) is 0.938. The fourth-order valence-electron chi connectivity index (χ4n) is 0.841. The lowest BCUT2D eigenvalue weighted by Gasteiger charge is -2.06. The maximum Gasteiger partial charge on any atom is 0.371 e. The van der Waals surface area contributed by atoms with Crippen LogP contribution in [0.1, 0.15) is 10.6 Å². The minimum Gasteiger partial charge on any atom is -0.475 e. The highest BCUT2D eigenvalue weighted by Gasteiger charge is 2.08. The summed E-state index contributed by atoms with van der Waals surface area (Å²) in [4.78, 5) is 12.5. The SMILES string of the molecule is CN(C)CCSc1ccc(C(=O)O)o1. The molecule has 0 radical (unpaired) electrons. The second-order valence-electron chi connectivity index (χ2n) is 3.08. The Kier molecular flexibility index (Phi) is 4.03. The van der Waals surface area contributed by atoms with Gasteiger partial charge in [-0.3, -0.25) is 0 Å². The molecule has 0 aromatic carbocycles. The van der Waals surface area contributed by atoms with Gasteiger partial charge in [0.25, 0.3) is 0 Å². The van der Waals surface area contributed by atoms with Gasteiger partial charge in [-0.1, -0.05) is 11.8 Å². The van der Waals surface area contributed by atoms with Crippen molar-refractivity contribution in [2.75, 3.05) is 26.4 Å². The zero-order chi connectivity index (χ0) is 10.6. The van der Waals surface area contributed by atoms with E-state index in [9.17, 15) is 4.79 Å². The number of nitrogens with zero attached hydrogens (tertiary/aromatic N) is 1. The zero-order valence-corrected chi connectivity index (χ0v) is 9.00. The van der Waals surface area contributed by atoms with Crippen LogP contribution in [0.3, 0.4) is 0 Å². The lowest BCUT2D eigenvalue weighted by atomic mass is 10.5. The lowest BCUT2D eigenvalue weighted by molar-refractivity contribution is 0.0656. The topological polar surface area (TPSA) is 53.7 Å². The van der Waals surface area contributed by atoms with Gasteiger partial charge < -0.3 is 14.4 Å². The standard InChI is InChI=1S/C9H13NO3S/c1-10(2)5-6-14-8-4-3-7(13-8)9(11)12/h3-4H,5-6H2,1-2H3,(H,11,12). The lowest BCUT2D eigenvalue weighted by Crippen LogP contribution is -2.14. The van der Waals surface area contributed by atoms with Crippen LogP contribution in [-0.2, 0) is 0 Å². The van der Waals surface area contributed by atoms with Crippen molar-refractivity contribution in [3.8, 4) is 0 Å². The molecule has 0 aliphatic rings. The van der Waals surface area contributed by atoms with E-state index in [2.05, 4.69) is 4.90 Å². The van der Waals surface area contributed by atoms with Crippen LogP contribution in [-0.4, -0.2) is 42.4 Å². The Morgan fingerprint density at radius 2 is 2.29 bits per heavy atom. The average Bonchev–Trinajstić information content (AvgIpc) is 2.52. The molecule has 1 aromatic heterocycles. The van der Waals surface area contributed by atoms with E-state index in [1.165, 1.54) is 17.8 Å². The van der Waals surface area contributed by atoms with Crippen LogP contribution in [0, 0.1) is 0 Å². The van der Waals surface area contributed by atoms with E-state index in [1.807, 2.05) is 14.1 Å². The molecule has 0 saturated carbocycles. The molecule has 0 aliphatic carbocycles. The Bertz CT molecular complexity index is 309. The number of hydrogen-bond acceptors (Lipinski definition) is 4. The summed E-state index contributed by atoms with van der Waals surface area (Å²) in [6.07, 6.45) is 0. The maximum atomic E-state index is 10.5. The third-order valence-corrected chi connectivity index (χ3v) is 2.47. The van der Waals surface area contributed by atoms with Crippen LogP contribution in [0.2, 0.25) is 0 Å². The molecule has 14 heavy (non-hydrogen) atoms. The van der Waals surface area contributed by atoms with E-state index < -0.39 is 5.97 Å². The molecule has 1 aromatic rings. The van der Waals surface area contributed by atoms with Gasteiger partial charge in [0.2, 0.25) is 5.76 Å². The summed E-state index contributed by atoms with van der Waals surface area (Å²) in [5.74, 6) is -0.138. The van der Waals surface area contributed by atoms with Gasteiger partial charge in [-0.15, -0.1) is 0 Å². The molecule has 4 nitrogen and oxygen atoms in total. The quantitative estimate of drug-likeness (QED) is 0.756. The van der Waals surface area contributed by atoms with Gasteiger partial charge in [-0.25, -0.2) is 4.79 Å². The van der Waals surface area contributed by atoms with Crippen LogP contribution >= 0.6 is 11.8 Å². The summed E-state index contributed by atoms with van der Waals surface area (Å²) in [6, 6.07) is 3.16. The number of carboxylic acid groups (broad SMARTS) is 1. The van der Waals surface area contributed by atoms with E-state index >= 15 is 0 Å². The van der Waals surface area contributed by atoms with Gasteiger partial charge in [0.05, 0.1) is 0 Å². The van der Waals surface area contributed by atoms with Gasteiger partial charge in [-0.2, -0.15) is 0 Å². The van der Waals surface area contributed by atoms with Crippen LogP contribution in [0.15, 0.2) is 21.6 Å².